The van der Waals surface area contributed by atoms with Gasteiger partial charge in [-0.1, -0.05) is 12.1 Å². The van der Waals surface area contributed by atoms with Crippen molar-refractivity contribution in [3.8, 4) is 0 Å². The van der Waals surface area contributed by atoms with Gasteiger partial charge in [0.2, 0.25) is 0 Å². The van der Waals surface area contributed by atoms with Crippen molar-refractivity contribution in [3.63, 3.8) is 0 Å². The van der Waals surface area contributed by atoms with Gasteiger partial charge < -0.3 is 4.90 Å². The van der Waals surface area contributed by atoms with Crippen molar-refractivity contribution in [3.05, 3.63) is 24.3 Å². The summed E-state index contributed by atoms with van der Waals surface area (Å²) in [5, 5.41) is 0.823. The van der Waals surface area contributed by atoms with Crippen molar-refractivity contribution in [2.45, 2.75) is 0 Å². The molecule has 0 aliphatic rings. The van der Waals surface area contributed by atoms with E-state index in [9.17, 15) is 0 Å². The monoisotopic (exact) mass is 253 g/mol. The van der Waals surface area contributed by atoms with Crippen LogP contribution in [0.3, 0.4) is 0 Å². The average molecular weight is 255 g/mol. The van der Waals surface area contributed by atoms with Crippen molar-refractivity contribution in [1.29, 1.82) is 0 Å². The Kier molecular flexibility index (Phi) is 3.52. The summed E-state index contributed by atoms with van der Waals surface area (Å²) in [5.74, 6) is 0. The molecule has 0 saturated heterocycles. The maximum absolute atomic E-state index is 5.89. The minimum absolute atomic E-state index is 0.823. The summed E-state index contributed by atoms with van der Waals surface area (Å²) in [6.45, 7) is 0. The second kappa shape index (κ2) is 4.09. The van der Waals surface area contributed by atoms with Crippen molar-refractivity contribution in [2.75, 3.05) is 19.0 Å². The largest absolute Gasteiger partial charge is 0.378 e. The first-order valence-electron chi connectivity index (χ1n) is 3.76. The summed E-state index contributed by atoms with van der Waals surface area (Å²) in [6.07, 6.45) is 0. The van der Waals surface area contributed by atoms with Crippen LogP contribution in [-0.4, -0.2) is 20.1 Å². The molecule has 0 atom stereocenters. The molecule has 72 valence electrons. The van der Waals surface area contributed by atoms with Gasteiger partial charge in [0.1, 0.15) is 0 Å². The van der Waals surface area contributed by atoms with Crippen LogP contribution in [0.4, 0.5) is 5.69 Å². The van der Waals surface area contributed by atoms with Crippen LogP contribution >= 0.6 is 33.2 Å². The quantitative estimate of drug-likeness (QED) is 0.579. The summed E-state index contributed by atoms with van der Waals surface area (Å²) in [6, 6.07) is 4.93. The Balaban J connectivity index is 3.06. The highest BCUT2D eigenvalue weighted by atomic mass is 35.8. The van der Waals surface area contributed by atoms with Crippen LogP contribution in [0.1, 0.15) is 0 Å². The molecule has 0 saturated carbocycles. The van der Waals surface area contributed by atoms with Gasteiger partial charge in [-0.05, 0) is 17.3 Å². The number of hydrogen-bond donors (Lipinski definition) is 0. The number of anilines is 1. The minimum Gasteiger partial charge on any atom is -0.378 e. The summed E-state index contributed by atoms with van der Waals surface area (Å²) >= 11 is 17.7. The summed E-state index contributed by atoms with van der Waals surface area (Å²) in [5.41, 5.74) is 1.05. The zero-order valence-electron chi connectivity index (χ0n) is 7.39. The molecule has 0 bridgehead atoms. The lowest BCUT2D eigenvalue weighted by Crippen LogP contribution is -2.30. The number of rotatable bonds is 2. The third-order valence-electron chi connectivity index (χ3n) is 1.69. The van der Waals surface area contributed by atoms with Gasteiger partial charge in [0.05, 0.1) is 0 Å². The van der Waals surface area contributed by atoms with Crippen LogP contribution in [-0.2, 0) is 0 Å². The zero-order chi connectivity index (χ0) is 10.1. The van der Waals surface area contributed by atoms with Crippen LogP contribution in [0.2, 0.25) is 0 Å². The van der Waals surface area contributed by atoms with E-state index >= 15 is 0 Å². The number of halogens is 3. The molecule has 1 aromatic rings. The second-order valence-corrected chi connectivity index (χ2v) is 11.4. The first-order valence-corrected chi connectivity index (χ1v) is 8.79. The molecule has 0 radical (unpaired) electrons. The van der Waals surface area contributed by atoms with Crippen LogP contribution in [0.15, 0.2) is 24.3 Å². The Hall–Kier alpha value is 0.107. The van der Waals surface area contributed by atoms with E-state index in [0.717, 1.165) is 10.9 Å². The first-order chi connectivity index (χ1) is 5.91. The normalized spacial score (nSPS) is 11.5. The highest BCUT2D eigenvalue weighted by Gasteiger charge is 2.28. The van der Waals surface area contributed by atoms with Crippen molar-refractivity contribution in [2.24, 2.45) is 0 Å². The molecule has 0 fully saturated rings. The average Bonchev–Trinajstić information content (AvgIpc) is 2.03. The predicted octanol–water partition coefficient (Wildman–Crippen LogP) is 2.61. The SMILES string of the molecule is CN(C)c1cccc([Si](Cl)(Cl)Cl)c1. The summed E-state index contributed by atoms with van der Waals surface area (Å²) in [7, 11) is 3.91. The van der Waals surface area contributed by atoms with Gasteiger partial charge in [0, 0.05) is 19.8 Å². The van der Waals surface area contributed by atoms with E-state index in [0.29, 0.717) is 0 Å². The Labute approximate surface area is 93.3 Å². The third kappa shape index (κ3) is 3.06. The van der Waals surface area contributed by atoms with Gasteiger partial charge in [-0.15, -0.1) is 33.2 Å². The molecule has 1 aromatic carbocycles. The maximum atomic E-state index is 5.89. The lowest BCUT2D eigenvalue weighted by atomic mass is 10.3. The van der Waals surface area contributed by atoms with E-state index in [4.69, 9.17) is 33.2 Å². The van der Waals surface area contributed by atoms with E-state index in [-0.39, 0.29) is 0 Å². The molecule has 5 heteroatoms. The van der Waals surface area contributed by atoms with Crippen LogP contribution in [0, 0.1) is 0 Å². The molecular weight excluding hydrogens is 245 g/mol. The Morgan fingerprint density at radius 1 is 1.15 bits per heavy atom. The van der Waals surface area contributed by atoms with E-state index in [1.165, 1.54) is 0 Å². The third-order valence-corrected chi connectivity index (χ3v) is 4.62. The molecule has 0 heterocycles. The first kappa shape index (κ1) is 11.2. The molecule has 0 aliphatic carbocycles. The zero-order valence-corrected chi connectivity index (χ0v) is 10.7. The van der Waals surface area contributed by atoms with E-state index in [1.807, 2.05) is 43.3 Å². The van der Waals surface area contributed by atoms with Gasteiger partial charge >= 0.3 is 6.00 Å². The summed E-state index contributed by atoms with van der Waals surface area (Å²) in [4.78, 5) is 1.98. The van der Waals surface area contributed by atoms with Crippen LogP contribution < -0.4 is 10.1 Å². The molecule has 0 aliphatic heterocycles. The van der Waals surface area contributed by atoms with E-state index < -0.39 is 6.00 Å². The Bertz CT molecular complexity index is 296. The molecule has 1 nitrogen and oxygen atoms in total. The van der Waals surface area contributed by atoms with Crippen molar-refractivity contribution >= 4 is 50.1 Å². The molecule has 0 spiro atoms. The number of nitrogens with zero attached hydrogens (tertiary/aromatic N) is 1. The highest BCUT2D eigenvalue weighted by Crippen LogP contribution is 2.21. The standard InChI is InChI=1S/C8H10Cl3NSi/c1-12(2)7-4-3-5-8(6-7)13(9,10)11/h3-6H,1-2H3. The Morgan fingerprint density at radius 2 is 1.77 bits per heavy atom. The van der Waals surface area contributed by atoms with E-state index in [1.54, 1.807) is 0 Å². The fraction of sp³-hybridized carbons (Fsp3) is 0.250. The van der Waals surface area contributed by atoms with Crippen LogP contribution in [0.25, 0.3) is 0 Å². The van der Waals surface area contributed by atoms with Gasteiger partial charge in [0.15, 0.2) is 0 Å². The maximum Gasteiger partial charge on any atom is 0.372 e. The fourth-order valence-corrected chi connectivity index (χ4v) is 2.62. The van der Waals surface area contributed by atoms with Crippen molar-refractivity contribution in [1.82, 2.24) is 0 Å². The molecular formula is C8H10Cl3NSi. The van der Waals surface area contributed by atoms with Gasteiger partial charge in [0.25, 0.3) is 0 Å². The lowest BCUT2D eigenvalue weighted by Gasteiger charge is -2.15. The molecule has 0 aromatic heterocycles. The number of hydrogen-bond acceptors (Lipinski definition) is 1. The fourth-order valence-electron chi connectivity index (χ4n) is 0.960. The topological polar surface area (TPSA) is 3.24 Å². The van der Waals surface area contributed by atoms with Crippen molar-refractivity contribution < 1.29 is 0 Å². The van der Waals surface area contributed by atoms with Gasteiger partial charge in [-0.2, -0.15) is 0 Å². The molecule has 0 N–H and O–H groups in total. The molecule has 0 amide bonds. The molecule has 1 rings (SSSR count). The van der Waals surface area contributed by atoms with E-state index in [2.05, 4.69) is 0 Å². The molecule has 0 unspecified atom stereocenters. The summed E-state index contributed by atoms with van der Waals surface area (Å²) < 4.78 is 0. The minimum atomic E-state index is -2.72. The predicted molar refractivity (Wildman–Crippen MR) is 63.7 cm³/mol. The Morgan fingerprint density at radius 3 is 2.23 bits per heavy atom. The van der Waals surface area contributed by atoms with Gasteiger partial charge in [-0.25, -0.2) is 0 Å². The highest BCUT2D eigenvalue weighted by molar-refractivity contribution is 7.69. The second-order valence-electron chi connectivity index (χ2n) is 2.94. The smallest absolute Gasteiger partial charge is 0.372 e. The van der Waals surface area contributed by atoms with Crippen LogP contribution in [0.5, 0.6) is 0 Å². The lowest BCUT2D eigenvalue weighted by molar-refractivity contribution is 1.13. The van der Waals surface area contributed by atoms with Gasteiger partial charge in [-0.3, -0.25) is 0 Å². The number of benzene rings is 1. The molecule has 13 heavy (non-hydrogen) atoms.